The van der Waals surface area contributed by atoms with Crippen molar-refractivity contribution in [3.8, 4) is 5.75 Å². The van der Waals surface area contributed by atoms with Gasteiger partial charge in [-0.2, -0.15) is 13.2 Å². The van der Waals surface area contributed by atoms with E-state index in [0.717, 1.165) is 31.2 Å². The number of benzene rings is 1. The maximum absolute atomic E-state index is 13.1. The number of fused-ring (bicyclic) bond motifs is 2. The van der Waals surface area contributed by atoms with E-state index in [9.17, 15) is 22.8 Å². The maximum Gasteiger partial charge on any atom is 0.411 e. The average molecular weight is 454 g/mol. The van der Waals surface area contributed by atoms with Gasteiger partial charge in [0, 0.05) is 24.2 Å². The minimum absolute atomic E-state index is 0.00926. The summed E-state index contributed by atoms with van der Waals surface area (Å²) in [5.41, 5.74) is -0.514. The van der Waals surface area contributed by atoms with Gasteiger partial charge in [0.2, 0.25) is 5.91 Å². The van der Waals surface area contributed by atoms with E-state index in [4.69, 9.17) is 4.74 Å². The third-order valence-corrected chi connectivity index (χ3v) is 7.08. The summed E-state index contributed by atoms with van der Waals surface area (Å²) in [4.78, 5) is 27.0. The molecule has 9 heteroatoms. The van der Waals surface area contributed by atoms with Crippen LogP contribution in [0.3, 0.4) is 0 Å². The summed E-state index contributed by atoms with van der Waals surface area (Å²) in [5.74, 6) is 0.227. The first-order valence-electron chi connectivity index (χ1n) is 11.2. The highest BCUT2D eigenvalue weighted by atomic mass is 19.4. The minimum atomic E-state index is -4.39. The molecule has 2 saturated heterocycles. The van der Waals surface area contributed by atoms with Gasteiger partial charge in [0.05, 0.1) is 13.7 Å². The van der Waals surface area contributed by atoms with Gasteiger partial charge >= 0.3 is 6.18 Å². The van der Waals surface area contributed by atoms with E-state index >= 15 is 0 Å². The van der Waals surface area contributed by atoms with Crippen LogP contribution in [0.15, 0.2) is 18.2 Å². The van der Waals surface area contributed by atoms with Gasteiger partial charge in [-0.3, -0.25) is 14.5 Å². The van der Waals surface area contributed by atoms with Crippen LogP contribution >= 0.6 is 0 Å². The van der Waals surface area contributed by atoms with Gasteiger partial charge in [-0.15, -0.1) is 0 Å². The Kier molecular flexibility index (Phi) is 6.13. The second-order valence-corrected chi connectivity index (χ2v) is 9.47. The molecule has 1 aromatic rings. The fourth-order valence-electron chi connectivity index (χ4n) is 5.22. The largest absolute Gasteiger partial charge is 0.497 e. The lowest BCUT2D eigenvalue weighted by Crippen LogP contribution is -2.54. The Morgan fingerprint density at radius 2 is 1.81 bits per heavy atom. The number of carbonyl (C=O) groups excluding carboxylic acids is 2. The number of halogens is 3. The maximum atomic E-state index is 13.1. The summed E-state index contributed by atoms with van der Waals surface area (Å²) in [5, 5.41) is 5.24. The van der Waals surface area contributed by atoms with Crippen LogP contribution in [0, 0.1) is 12.8 Å². The molecule has 0 spiro atoms. The molecule has 2 amide bonds. The van der Waals surface area contributed by atoms with E-state index in [1.807, 2.05) is 19.1 Å². The zero-order chi connectivity index (χ0) is 23.1. The Morgan fingerprint density at radius 3 is 2.38 bits per heavy atom. The zero-order valence-corrected chi connectivity index (χ0v) is 18.4. The van der Waals surface area contributed by atoms with Gasteiger partial charge in [-0.05, 0) is 75.1 Å². The summed E-state index contributed by atoms with van der Waals surface area (Å²) >= 11 is 0. The number of alkyl halides is 3. The van der Waals surface area contributed by atoms with Crippen LogP contribution < -0.4 is 15.4 Å². The van der Waals surface area contributed by atoms with Crippen molar-refractivity contribution in [1.29, 1.82) is 0 Å². The lowest BCUT2D eigenvalue weighted by Gasteiger charge is -2.39. The number of ether oxygens (including phenoxy) is 1. The third-order valence-electron chi connectivity index (χ3n) is 7.08. The van der Waals surface area contributed by atoms with Crippen LogP contribution in [-0.4, -0.2) is 60.7 Å². The van der Waals surface area contributed by atoms with E-state index < -0.39 is 17.6 Å². The Labute approximate surface area is 185 Å². The molecule has 3 aliphatic rings. The van der Waals surface area contributed by atoms with Crippen LogP contribution in [0.5, 0.6) is 5.75 Å². The molecule has 32 heavy (non-hydrogen) atoms. The third kappa shape index (κ3) is 4.72. The van der Waals surface area contributed by atoms with Gasteiger partial charge in [-0.1, -0.05) is 0 Å². The molecule has 1 aliphatic carbocycles. The number of rotatable bonds is 7. The Hall–Kier alpha value is -2.29. The molecule has 176 valence electrons. The molecule has 2 N–H and O–H groups in total. The average Bonchev–Trinajstić information content (AvgIpc) is 3.48. The molecule has 2 bridgehead atoms. The number of piperidine rings is 1. The molecule has 3 fully saturated rings. The molecular formula is C23H30F3N3O3. The van der Waals surface area contributed by atoms with Crippen molar-refractivity contribution in [2.45, 2.75) is 69.2 Å². The summed E-state index contributed by atoms with van der Waals surface area (Å²) in [7, 11) is 1.56. The molecule has 3 atom stereocenters. The molecule has 1 aromatic carbocycles. The number of nitrogens with one attached hydrogen (secondary N) is 2. The van der Waals surface area contributed by atoms with Crippen molar-refractivity contribution in [2.24, 2.45) is 5.92 Å². The number of methoxy groups -OCH3 is 1. The number of hydrogen-bond donors (Lipinski definition) is 2. The summed E-state index contributed by atoms with van der Waals surface area (Å²) in [6.07, 6.45) is -0.956. The molecule has 0 unspecified atom stereocenters. The van der Waals surface area contributed by atoms with E-state index in [-0.39, 0.29) is 43.3 Å². The lowest BCUT2D eigenvalue weighted by molar-refractivity contribution is -0.170. The van der Waals surface area contributed by atoms with E-state index in [1.54, 1.807) is 13.2 Å². The van der Waals surface area contributed by atoms with Crippen molar-refractivity contribution in [1.82, 2.24) is 15.5 Å². The van der Waals surface area contributed by atoms with Crippen molar-refractivity contribution < 1.29 is 27.5 Å². The van der Waals surface area contributed by atoms with Gasteiger partial charge in [0.15, 0.2) is 0 Å². The second-order valence-electron chi connectivity index (χ2n) is 9.47. The topological polar surface area (TPSA) is 70.7 Å². The number of aryl methyl sites for hydroxylation is 1. The first kappa shape index (κ1) is 22.9. The first-order valence-corrected chi connectivity index (χ1v) is 11.2. The fourth-order valence-corrected chi connectivity index (χ4v) is 5.22. The normalized spacial score (nSPS) is 26.5. The Morgan fingerprint density at radius 1 is 1.16 bits per heavy atom. The second kappa shape index (κ2) is 8.57. The SMILES string of the molecule is COc1cc(C)cc(C(=O)NC[C@@H]2C[C@H]3CC[C@@H](C2)N3CC(=O)NC2(C(F)(F)F)CC2)c1. The van der Waals surface area contributed by atoms with Crippen molar-refractivity contribution in [3.05, 3.63) is 29.3 Å². The molecule has 6 nitrogen and oxygen atoms in total. The smallest absolute Gasteiger partial charge is 0.411 e. The van der Waals surface area contributed by atoms with Crippen LogP contribution in [0.2, 0.25) is 0 Å². The summed E-state index contributed by atoms with van der Waals surface area (Å²) in [6.45, 7) is 2.46. The summed E-state index contributed by atoms with van der Waals surface area (Å²) < 4.78 is 44.6. The van der Waals surface area contributed by atoms with E-state index in [2.05, 4.69) is 15.5 Å². The molecule has 2 aliphatic heterocycles. The number of hydrogen-bond acceptors (Lipinski definition) is 4. The number of carbonyl (C=O) groups is 2. The lowest BCUT2D eigenvalue weighted by atomic mass is 9.90. The van der Waals surface area contributed by atoms with Crippen LogP contribution in [0.1, 0.15) is 54.4 Å². The van der Waals surface area contributed by atoms with Crippen molar-refractivity contribution in [2.75, 3.05) is 20.2 Å². The van der Waals surface area contributed by atoms with Gasteiger partial charge in [0.25, 0.3) is 5.91 Å². The molecule has 0 aromatic heterocycles. The van der Waals surface area contributed by atoms with Gasteiger partial charge in [-0.25, -0.2) is 0 Å². The van der Waals surface area contributed by atoms with Crippen molar-refractivity contribution >= 4 is 11.8 Å². The van der Waals surface area contributed by atoms with Crippen LogP contribution in [0.4, 0.5) is 13.2 Å². The predicted octanol–water partition coefficient (Wildman–Crippen LogP) is 3.19. The van der Waals surface area contributed by atoms with Crippen LogP contribution in [0.25, 0.3) is 0 Å². The predicted molar refractivity (Wildman–Crippen MR) is 112 cm³/mol. The molecular weight excluding hydrogens is 423 g/mol. The Balaban J connectivity index is 1.28. The van der Waals surface area contributed by atoms with E-state index in [1.165, 1.54) is 0 Å². The first-order chi connectivity index (χ1) is 15.1. The van der Waals surface area contributed by atoms with E-state index in [0.29, 0.717) is 17.9 Å². The number of amides is 2. The molecule has 2 heterocycles. The highest BCUT2D eigenvalue weighted by Crippen LogP contribution is 2.49. The molecule has 0 radical (unpaired) electrons. The highest BCUT2D eigenvalue weighted by Gasteiger charge is 2.64. The zero-order valence-electron chi connectivity index (χ0n) is 18.4. The summed E-state index contributed by atoms with van der Waals surface area (Å²) in [6, 6.07) is 5.72. The molecule has 4 rings (SSSR count). The van der Waals surface area contributed by atoms with Gasteiger partial charge < -0.3 is 15.4 Å². The van der Waals surface area contributed by atoms with Gasteiger partial charge in [0.1, 0.15) is 11.3 Å². The van der Waals surface area contributed by atoms with Crippen molar-refractivity contribution in [3.63, 3.8) is 0 Å². The number of nitrogens with zero attached hydrogens (tertiary/aromatic N) is 1. The standard InChI is InChI=1S/C23H30F3N3O3/c1-14-7-16(11-19(8-14)32-2)21(31)27-12-15-9-17-3-4-18(10-15)29(17)13-20(30)28-22(5-6-22)23(24,25)26/h7-8,11,15,17-18H,3-6,9-10,12-13H2,1-2H3,(H,27,31)(H,28,30)/t15-,17-,18+. The minimum Gasteiger partial charge on any atom is -0.497 e. The quantitative estimate of drug-likeness (QED) is 0.665. The monoisotopic (exact) mass is 453 g/mol. The molecule has 1 saturated carbocycles. The highest BCUT2D eigenvalue weighted by molar-refractivity contribution is 5.94. The Bertz CT molecular complexity index is 871. The van der Waals surface area contributed by atoms with Crippen LogP contribution in [-0.2, 0) is 4.79 Å². The fraction of sp³-hybridized carbons (Fsp3) is 0.652.